The number of aromatic nitrogens is 2. The number of amides is 1. The van der Waals surface area contributed by atoms with Gasteiger partial charge in [-0.3, -0.25) is 9.97 Å². The number of hydrogen-bond acceptors (Lipinski definition) is 4. The van der Waals surface area contributed by atoms with Crippen LogP contribution in [-0.2, 0) is 11.3 Å². The van der Waals surface area contributed by atoms with E-state index in [2.05, 4.69) is 20.0 Å². The van der Waals surface area contributed by atoms with Crippen LogP contribution in [-0.4, -0.2) is 26.5 Å². The third-order valence-electron chi connectivity index (χ3n) is 1.40. The second-order valence-corrected chi connectivity index (χ2v) is 5.26. The molecule has 0 unspecified atom stereocenters. The first-order valence-corrected chi connectivity index (χ1v) is 5.33. The van der Waals surface area contributed by atoms with E-state index < -0.39 is 9.89 Å². The Morgan fingerprint density at radius 3 is 2.75 bits per heavy atom. The molecule has 0 spiro atoms. The van der Waals surface area contributed by atoms with E-state index >= 15 is 0 Å². The summed E-state index contributed by atoms with van der Waals surface area (Å²) in [5.41, 5.74) is 0.605. The maximum Gasteiger partial charge on any atom is 0.407 e. The van der Waals surface area contributed by atoms with E-state index in [1.807, 2.05) is 0 Å². The summed E-state index contributed by atoms with van der Waals surface area (Å²) in [6.45, 7) is -0.115. The Morgan fingerprint density at radius 2 is 2.19 bits per heavy atom. The number of alkyl carbamates (subject to hydrolysis) is 1. The lowest BCUT2D eigenvalue weighted by atomic mass is 10.4. The van der Waals surface area contributed by atoms with Crippen molar-refractivity contribution in [3.63, 3.8) is 0 Å². The van der Waals surface area contributed by atoms with Gasteiger partial charge in [-0.1, -0.05) is 34.8 Å². The minimum Gasteiger partial charge on any atom is -0.445 e. The zero-order valence-electron chi connectivity index (χ0n) is 7.99. The monoisotopic (exact) mass is 283 g/mol. The second-order valence-electron chi connectivity index (χ2n) is 2.74. The lowest BCUT2D eigenvalue weighted by Gasteiger charge is -2.11. The summed E-state index contributed by atoms with van der Waals surface area (Å²) < 4.78 is 3.03. The van der Waals surface area contributed by atoms with Crippen LogP contribution in [0.3, 0.4) is 0 Å². The van der Waals surface area contributed by atoms with Gasteiger partial charge in [0.15, 0.2) is 0 Å². The predicted octanol–water partition coefficient (Wildman–Crippen LogP) is 2.07. The van der Waals surface area contributed by atoms with Gasteiger partial charge in [0.25, 0.3) is 0 Å². The molecule has 0 bridgehead atoms. The molecule has 1 aromatic rings. The van der Waals surface area contributed by atoms with Crippen molar-refractivity contribution in [3.05, 3.63) is 24.3 Å². The van der Waals surface area contributed by atoms with Crippen LogP contribution in [0.1, 0.15) is 5.69 Å². The number of alkyl halides is 3. The van der Waals surface area contributed by atoms with Crippen molar-refractivity contribution in [1.82, 2.24) is 15.3 Å². The molecule has 0 aliphatic carbocycles. The zero-order valence-corrected chi connectivity index (χ0v) is 10.3. The molecule has 1 N–H and O–H groups in total. The van der Waals surface area contributed by atoms with E-state index in [9.17, 15) is 4.79 Å². The number of rotatable bonds is 3. The van der Waals surface area contributed by atoms with E-state index in [1.54, 1.807) is 0 Å². The minimum atomic E-state index is -1.61. The molecule has 1 amide bonds. The molecular formula is C8H8Cl3N3O2. The van der Waals surface area contributed by atoms with Gasteiger partial charge in [-0.05, 0) is 0 Å². The number of carbonyl (C=O) groups is 1. The van der Waals surface area contributed by atoms with E-state index in [-0.39, 0.29) is 13.2 Å². The van der Waals surface area contributed by atoms with Gasteiger partial charge < -0.3 is 10.1 Å². The molecule has 1 heterocycles. The molecule has 0 aromatic carbocycles. The third kappa shape index (κ3) is 5.95. The molecule has 0 atom stereocenters. The second kappa shape index (κ2) is 6.08. The number of nitrogens with zero attached hydrogens (tertiary/aromatic N) is 2. The van der Waals surface area contributed by atoms with Gasteiger partial charge in [-0.15, -0.1) is 0 Å². The first-order chi connectivity index (χ1) is 7.47. The van der Waals surface area contributed by atoms with Crippen molar-refractivity contribution in [2.24, 2.45) is 0 Å². The van der Waals surface area contributed by atoms with Crippen LogP contribution in [0.4, 0.5) is 4.79 Å². The highest BCUT2D eigenvalue weighted by molar-refractivity contribution is 6.67. The van der Waals surface area contributed by atoms with Crippen molar-refractivity contribution < 1.29 is 9.53 Å². The molecule has 0 radical (unpaired) electrons. The Bertz CT molecular complexity index is 342. The highest BCUT2D eigenvalue weighted by Crippen LogP contribution is 2.25. The highest BCUT2D eigenvalue weighted by Gasteiger charge is 2.21. The average Bonchev–Trinajstić information content (AvgIpc) is 2.24. The molecule has 5 nitrogen and oxygen atoms in total. The Hall–Kier alpha value is -0.780. The van der Waals surface area contributed by atoms with E-state index in [4.69, 9.17) is 34.8 Å². The molecule has 8 heteroatoms. The molecule has 88 valence electrons. The van der Waals surface area contributed by atoms with Gasteiger partial charge in [0.05, 0.1) is 18.4 Å². The largest absolute Gasteiger partial charge is 0.445 e. The number of carbonyl (C=O) groups excluding carboxylic acids is 1. The van der Waals surface area contributed by atoms with Crippen LogP contribution in [0, 0.1) is 0 Å². The Morgan fingerprint density at radius 1 is 1.44 bits per heavy atom. The molecular weight excluding hydrogens is 276 g/mol. The van der Waals surface area contributed by atoms with Crippen LogP contribution >= 0.6 is 34.8 Å². The first-order valence-electron chi connectivity index (χ1n) is 4.19. The summed E-state index contributed by atoms with van der Waals surface area (Å²) >= 11 is 16.2. The SMILES string of the molecule is O=C(NCc1cnccn1)OCC(Cl)(Cl)Cl. The van der Waals surface area contributed by atoms with Gasteiger partial charge in [0.2, 0.25) is 3.79 Å². The molecule has 0 aliphatic rings. The Labute approximate surface area is 107 Å². The number of hydrogen-bond donors (Lipinski definition) is 1. The molecule has 0 aliphatic heterocycles. The van der Waals surface area contributed by atoms with Gasteiger partial charge >= 0.3 is 6.09 Å². The summed E-state index contributed by atoms with van der Waals surface area (Å²) in [6, 6.07) is 0. The standard InChI is InChI=1S/C8H8Cl3N3O2/c9-8(10,11)5-16-7(15)14-4-6-3-12-1-2-13-6/h1-3H,4-5H2,(H,14,15). The maximum absolute atomic E-state index is 11.1. The summed E-state index contributed by atoms with van der Waals surface area (Å²) in [7, 11) is 0. The fourth-order valence-corrected chi connectivity index (χ4v) is 0.946. The predicted molar refractivity (Wildman–Crippen MR) is 60.5 cm³/mol. The van der Waals surface area contributed by atoms with Crippen LogP contribution in [0.2, 0.25) is 0 Å². The van der Waals surface area contributed by atoms with Crippen LogP contribution in [0.5, 0.6) is 0 Å². The number of ether oxygens (including phenoxy) is 1. The average molecular weight is 285 g/mol. The van der Waals surface area contributed by atoms with Gasteiger partial charge in [-0.25, -0.2) is 4.79 Å². The summed E-state index contributed by atoms with van der Waals surface area (Å²) in [5, 5.41) is 2.43. The van der Waals surface area contributed by atoms with Gasteiger partial charge in [-0.2, -0.15) is 0 Å². The summed E-state index contributed by atoms with van der Waals surface area (Å²) in [4.78, 5) is 18.9. The fraction of sp³-hybridized carbons (Fsp3) is 0.375. The van der Waals surface area contributed by atoms with Crippen molar-refractivity contribution >= 4 is 40.9 Å². The fourth-order valence-electron chi connectivity index (χ4n) is 0.782. The number of nitrogens with one attached hydrogen (secondary N) is 1. The topological polar surface area (TPSA) is 64.1 Å². The maximum atomic E-state index is 11.1. The quantitative estimate of drug-likeness (QED) is 0.863. The van der Waals surface area contributed by atoms with Crippen molar-refractivity contribution in [2.75, 3.05) is 6.61 Å². The van der Waals surface area contributed by atoms with Crippen molar-refractivity contribution in [2.45, 2.75) is 10.3 Å². The summed E-state index contributed by atoms with van der Waals surface area (Å²) in [6.07, 6.45) is 3.89. The molecule has 1 aromatic heterocycles. The van der Waals surface area contributed by atoms with Crippen molar-refractivity contribution in [1.29, 1.82) is 0 Å². The molecule has 1 rings (SSSR count). The zero-order chi connectivity index (χ0) is 12.0. The summed E-state index contributed by atoms with van der Waals surface area (Å²) in [5.74, 6) is 0. The lowest BCUT2D eigenvalue weighted by molar-refractivity contribution is 0.147. The van der Waals surface area contributed by atoms with Crippen molar-refractivity contribution in [3.8, 4) is 0 Å². The Balaban J connectivity index is 2.26. The van der Waals surface area contributed by atoms with E-state index in [0.717, 1.165) is 0 Å². The number of halogens is 3. The van der Waals surface area contributed by atoms with E-state index in [0.29, 0.717) is 5.69 Å². The molecule has 0 saturated carbocycles. The molecule has 0 fully saturated rings. The lowest BCUT2D eigenvalue weighted by Crippen LogP contribution is -2.27. The minimum absolute atomic E-state index is 0.201. The third-order valence-corrected chi connectivity index (χ3v) is 1.72. The van der Waals surface area contributed by atoms with E-state index in [1.165, 1.54) is 18.6 Å². The molecule has 16 heavy (non-hydrogen) atoms. The Kier molecular flexibility index (Phi) is 5.05. The smallest absolute Gasteiger partial charge is 0.407 e. The van der Waals surface area contributed by atoms with Crippen LogP contribution in [0.15, 0.2) is 18.6 Å². The van der Waals surface area contributed by atoms with Gasteiger partial charge in [0.1, 0.15) is 6.61 Å². The highest BCUT2D eigenvalue weighted by atomic mass is 35.6. The first kappa shape index (κ1) is 13.3. The molecule has 0 saturated heterocycles. The van der Waals surface area contributed by atoms with Crippen LogP contribution < -0.4 is 5.32 Å². The van der Waals surface area contributed by atoms with Gasteiger partial charge in [0, 0.05) is 12.4 Å². The normalized spacial score (nSPS) is 10.9. The van der Waals surface area contributed by atoms with Crippen LogP contribution in [0.25, 0.3) is 0 Å².